The van der Waals surface area contributed by atoms with Crippen LogP contribution >= 0.6 is 27.3 Å². The topological polar surface area (TPSA) is 59.8 Å². The summed E-state index contributed by atoms with van der Waals surface area (Å²) in [5, 5.41) is 10.5. The second-order valence-corrected chi connectivity index (χ2v) is 6.61. The van der Waals surface area contributed by atoms with Crippen LogP contribution in [0.15, 0.2) is 20.8 Å². The van der Waals surface area contributed by atoms with Crippen LogP contribution < -0.4 is 10.9 Å². The quantitative estimate of drug-likeness (QED) is 0.894. The Bertz CT molecular complexity index is 650. The number of nitrogens with zero attached hydrogens (tertiary/aromatic N) is 3. The molecule has 0 aromatic carbocycles. The summed E-state index contributed by atoms with van der Waals surface area (Å²) < 4.78 is 1.98. The first kappa shape index (κ1) is 15.2. The minimum Gasteiger partial charge on any atom is -0.382 e. The van der Waals surface area contributed by atoms with E-state index in [1.807, 2.05) is 20.8 Å². The van der Waals surface area contributed by atoms with Gasteiger partial charge in [0, 0.05) is 18.3 Å². The fourth-order valence-electron chi connectivity index (χ4n) is 1.78. The van der Waals surface area contributed by atoms with Crippen molar-refractivity contribution >= 4 is 33.0 Å². The Kier molecular flexibility index (Phi) is 4.93. The lowest BCUT2D eigenvalue weighted by Gasteiger charge is -2.12. The average molecular weight is 357 g/mol. The van der Waals surface area contributed by atoms with Gasteiger partial charge in [0.25, 0.3) is 5.56 Å². The second-order valence-electron chi connectivity index (χ2n) is 4.75. The zero-order chi connectivity index (χ0) is 14.7. The van der Waals surface area contributed by atoms with Crippen molar-refractivity contribution in [3.8, 4) is 0 Å². The number of rotatable bonds is 5. The van der Waals surface area contributed by atoms with E-state index < -0.39 is 0 Å². The molecule has 0 amide bonds. The molecule has 0 aliphatic rings. The summed E-state index contributed by atoms with van der Waals surface area (Å²) in [5.74, 6) is 0. The molecular weight excluding hydrogens is 340 g/mol. The Labute approximate surface area is 130 Å². The Hall–Kier alpha value is -1.21. The molecule has 0 aliphatic heterocycles. The van der Waals surface area contributed by atoms with Gasteiger partial charge in [0.15, 0.2) is 0 Å². The summed E-state index contributed by atoms with van der Waals surface area (Å²) in [4.78, 5) is 16.5. The first-order valence-electron chi connectivity index (χ1n) is 6.41. The smallest absolute Gasteiger partial charge is 0.283 e. The van der Waals surface area contributed by atoms with E-state index in [0.717, 1.165) is 22.8 Å². The molecule has 0 spiro atoms. The minimum atomic E-state index is -0.116. The van der Waals surface area contributed by atoms with Gasteiger partial charge in [0.2, 0.25) is 0 Å². The highest BCUT2D eigenvalue weighted by Crippen LogP contribution is 2.17. The molecule has 2 aromatic heterocycles. The van der Waals surface area contributed by atoms with Crippen LogP contribution in [0.1, 0.15) is 30.6 Å². The highest BCUT2D eigenvalue weighted by atomic mass is 79.9. The summed E-state index contributed by atoms with van der Waals surface area (Å²) in [6, 6.07) is 0.0471. The Balaban J connectivity index is 2.03. The number of aryl methyl sites for hydroxylation is 1. The van der Waals surface area contributed by atoms with Gasteiger partial charge in [-0.1, -0.05) is 0 Å². The van der Waals surface area contributed by atoms with Crippen LogP contribution in [0, 0.1) is 6.92 Å². The zero-order valence-corrected chi connectivity index (χ0v) is 14.1. The Morgan fingerprint density at radius 2 is 2.25 bits per heavy atom. The average Bonchev–Trinajstić information content (AvgIpc) is 2.80. The standard InChI is InChI=1S/C13H17BrN4OS/c1-8(2)18-13(19)12(14)11(6-16-18)15-5-4-10-7-20-9(3)17-10/h6-8,15H,4-5H2,1-3H3. The monoisotopic (exact) mass is 356 g/mol. The van der Waals surface area contributed by atoms with E-state index in [1.165, 1.54) is 4.68 Å². The first-order chi connectivity index (χ1) is 9.49. The van der Waals surface area contributed by atoms with Crippen LogP contribution in [-0.4, -0.2) is 21.3 Å². The molecule has 2 rings (SSSR count). The number of hydrogen-bond acceptors (Lipinski definition) is 5. The number of hydrogen-bond donors (Lipinski definition) is 1. The van der Waals surface area contributed by atoms with Gasteiger partial charge in [0.05, 0.1) is 28.6 Å². The van der Waals surface area contributed by atoms with Gasteiger partial charge in [-0.05, 0) is 36.7 Å². The molecule has 2 heterocycles. The molecule has 2 aromatic rings. The minimum absolute atomic E-state index is 0.0471. The summed E-state index contributed by atoms with van der Waals surface area (Å²) >= 11 is 4.99. The lowest BCUT2D eigenvalue weighted by molar-refractivity contribution is 0.501. The third-order valence-electron chi connectivity index (χ3n) is 2.80. The van der Waals surface area contributed by atoms with Gasteiger partial charge in [0.1, 0.15) is 4.47 Å². The van der Waals surface area contributed by atoms with E-state index >= 15 is 0 Å². The number of halogens is 1. The normalized spacial score (nSPS) is 11.1. The van der Waals surface area contributed by atoms with Crippen LogP contribution in [-0.2, 0) is 6.42 Å². The van der Waals surface area contributed by atoms with Crippen molar-refractivity contribution in [1.82, 2.24) is 14.8 Å². The molecular formula is C13H17BrN4OS. The molecule has 0 aliphatic carbocycles. The van der Waals surface area contributed by atoms with Gasteiger partial charge in [-0.3, -0.25) is 4.79 Å². The van der Waals surface area contributed by atoms with Gasteiger partial charge >= 0.3 is 0 Å². The molecule has 20 heavy (non-hydrogen) atoms. The summed E-state index contributed by atoms with van der Waals surface area (Å²) in [5.41, 5.74) is 1.67. The summed E-state index contributed by atoms with van der Waals surface area (Å²) in [6.07, 6.45) is 2.50. The molecule has 0 bridgehead atoms. The third-order valence-corrected chi connectivity index (χ3v) is 4.38. The van der Waals surface area contributed by atoms with Crippen LogP contribution in [0.25, 0.3) is 0 Å². The molecule has 0 unspecified atom stereocenters. The van der Waals surface area contributed by atoms with Crippen molar-refractivity contribution in [2.45, 2.75) is 33.2 Å². The van der Waals surface area contributed by atoms with Gasteiger partial charge < -0.3 is 5.32 Å². The second kappa shape index (κ2) is 6.49. The lowest BCUT2D eigenvalue weighted by Crippen LogP contribution is -2.26. The molecule has 0 fully saturated rings. The van der Waals surface area contributed by atoms with Crippen LogP contribution in [0.5, 0.6) is 0 Å². The number of aromatic nitrogens is 3. The molecule has 108 valence electrons. The van der Waals surface area contributed by atoms with Crippen molar-refractivity contribution in [3.05, 3.63) is 37.1 Å². The Morgan fingerprint density at radius 1 is 1.50 bits per heavy atom. The highest BCUT2D eigenvalue weighted by molar-refractivity contribution is 9.10. The predicted molar refractivity (Wildman–Crippen MR) is 85.6 cm³/mol. The van der Waals surface area contributed by atoms with Crippen molar-refractivity contribution < 1.29 is 0 Å². The van der Waals surface area contributed by atoms with Crippen LogP contribution in [0.2, 0.25) is 0 Å². The molecule has 1 N–H and O–H groups in total. The van der Waals surface area contributed by atoms with E-state index in [0.29, 0.717) is 11.0 Å². The van der Waals surface area contributed by atoms with Crippen molar-refractivity contribution in [2.75, 3.05) is 11.9 Å². The van der Waals surface area contributed by atoms with Gasteiger partial charge in [-0.15, -0.1) is 11.3 Å². The van der Waals surface area contributed by atoms with Crippen molar-refractivity contribution in [2.24, 2.45) is 0 Å². The predicted octanol–water partition coefficient (Wildman–Crippen LogP) is 3.01. The zero-order valence-electron chi connectivity index (χ0n) is 11.7. The fourth-order valence-corrected chi connectivity index (χ4v) is 2.86. The maximum absolute atomic E-state index is 12.1. The SMILES string of the molecule is Cc1nc(CCNc2cnn(C(C)C)c(=O)c2Br)cs1. The van der Waals surface area contributed by atoms with Gasteiger partial charge in [-0.25, -0.2) is 9.67 Å². The fraction of sp³-hybridized carbons (Fsp3) is 0.462. The number of nitrogens with one attached hydrogen (secondary N) is 1. The molecule has 0 saturated carbocycles. The third kappa shape index (κ3) is 3.46. The van der Waals surface area contributed by atoms with Crippen LogP contribution in [0.4, 0.5) is 5.69 Å². The van der Waals surface area contributed by atoms with Gasteiger partial charge in [-0.2, -0.15) is 5.10 Å². The number of thiazole rings is 1. The Morgan fingerprint density at radius 3 is 2.85 bits per heavy atom. The van der Waals surface area contributed by atoms with E-state index in [-0.39, 0.29) is 11.6 Å². The van der Waals surface area contributed by atoms with Crippen molar-refractivity contribution in [1.29, 1.82) is 0 Å². The molecule has 7 heteroatoms. The largest absolute Gasteiger partial charge is 0.382 e. The summed E-state index contributed by atoms with van der Waals surface area (Å²) in [6.45, 7) is 6.57. The lowest BCUT2D eigenvalue weighted by atomic mass is 10.3. The molecule has 0 atom stereocenters. The number of anilines is 1. The maximum Gasteiger partial charge on any atom is 0.283 e. The van der Waals surface area contributed by atoms with E-state index in [2.05, 4.69) is 36.7 Å². The molecule has 0 saturated heterocycles. The molecule has 0 radical (unpaired) electrons. The molecule has 5 nitrogen and oxygen atoms in total. The van der Waals surface area contributed by atoms with E-state index in [4.69, 9.17) is 0 Å². The summed E-state index contributed by atoms with van der Waals surface area (Å²) in [7, 11) is 0. The van der Waals surface area contributed by atoms with Crippen LogP contribution in [0.3, 0.4) is 0 Å². The first-order valence-corrected chi connectivity index (χ1v) is 8.08. The van der Waals surface area contributed by atoms with E-state index in [9.17, 15) is 4.79 Å². The van der Waals surface area contributed by atoms with E-state index in [1.54, 1.807) is 17.5 Å². The maximum atomic E-state index is 12.1. The highest BCUT2D eigenvalue weighted by Gasteiger charge is 2.10. The van der Waals surface area contributed by atoms with Crippen molar-refractivity contribution in [3.63, 3.8) is 0 Å².